The third kappa shape index (κ3) is 3.20. The number of phenols is 1. The second kappa shape index (κ2) is 7.28. The number of anilines is 1. The minimum Gasteiger partial charge on any atom is -0.504 e. The first-order valence-corrected chi connectivity index (χ1v) is 9.77. The van der Waals surface area contributed by atoms with E-state index < -0.39 is 22.8 Å². The highest BCUT2D eigenvalue weighted by atomic mass is 79.9. The van der Waals surface area contributed by atoms with E-state index in [2.05, 4.69) is 5.32 Å². The molecule has 1 aliphatic carbocycles. The van der Waals surface area contributed by atoms with Crippen LogP contribution < -0.4 is 15.6 Å². The lowest BCUT2D eigenvalue weighted by Crippen LogP contribution is -2.40. The predicted octanol–water partition coefficient (Wildman–Crippen LogP) is 2.65. The van der Waals surface area contributed by atoms with Crippen molar-refractivity contribution in [2.45, 2.75) is 37.8 Å². The summed E-state index contributed by atoms with van der Waals surface area (Å²) in [6.07, 6.45) is 5.11. The van der Waals surface area contributed by atoms with Crippen LogP contribution in [0.4, 0.5) is 10.1 Å². The van der Waals surface area contributed by atoms with E-state index >= 15 is 4.39 Å². The van der Waals surface area contributed by atoms with Gasteiger partial charge in [0.15, 0.2) is 11.6 Å². The van der Waals surface area contributed by atoms with Crippen molar-refractivity contribution in [1.82, 2.24) is 9.88 Å². The number of hydrogen-bond donors (Lipinski definition) is 3. The summed E-state index contributed by atoms with van der Waals surface area (Å²) in [7, 11) is 0. The third-order valence-electron chi connectivity index (χ3n) is 6.30. The Morgan fingerprint density at radius 1 is 1.24 bits per heavy atom. The van der Waals surface area contributed by atoms with E-state index in [1.165, 1.54) is 6.20 Å². The number of hydrogen-bond acceptors (Lipinski definition) is 5. The predicted molar refractivity (Wildman–Crippen MR) is 112 cm³/mol. The highest BCUT2D eigenvalue weighted by Gasteiger charge is 2.37. The lowest BCUT2D eigenvalue weighted by molar-refractivity contribution is 0.0694. The molecule has 0 bridgehead atoms. The number of aromatic hydroxyl groups is 1. The van der Waals surface area contributed by atoms with E-state index in [0.717, 1.165) is 38.3 Å². The lowest BCUT2D eigenvalue weighted by Gasteiger charge is -2.24. The molecule has 29 heavy (non-hydrogen) atoms. The number of benzene rings is 1. The number of carbonyl (C=O) groups is 1. The van der Waals surface area contributed by atoms with Gasteiger partial charge in [-0.2, -0.15) is 0 Å². The summed E-state index contributed by atoms with van der Waals surface area (Å²) in [5.74, 6) is -1.90. The Balaban J connectivity index is 0.00000205. The monoisotopic (exact) mass is 467 g/mol. The van der Waals surface area contributed by atoms with Gasteiger partial charge < -0.3 is 25.0 Å². The highest BCUT2D eigenvalue weighted by molar-refractivity contribution is 8.93. The number of pyridine rings is 1. The third-order valence-corrected chi connectivity index (χ3v) is 6.30. The van der Waals surface area contributed by atoms with Gasteiger partial charge in [-0.15, -0.1) is 17.0 Å². The number of halogens is 2. The molecule has 0 unspecified atom stereocenters. The molecular weight excluding hydrogens is 445 g/mol. The molecule has 3 fully saturated rings. The summed E-state index contributed by atoms with van der Waals surface area (Å²) in [5, 5.41) is 23.8. The normalized spacial score (nSPS) is 23.7. The second-order valence-electron chi connectivity index (χ2n) is 8.14. The topological polar surface area (TPSA) is 94.8 Å². The van der Waals surface area contributed by atoms with Crippen molar-refractivity contribution < 1.29 is 19.4 Å². The van der Waals surface area contributed by atoms with Gasteiger partial charge in [-0.3, -0.25) is 4.79 Å². The average Bonchev–Trinajstić information content (AvgIpc) is 3.41. The summed E-state index contributed by atoms with van der Waals surface area (Å²) >= 11 is 0. The molecule has 156 valence electrons. The van der Waals surface area contributed by atoms with Crippen molar-refractivity contribution in [1.29, 1.82) is 0 Å². The summed E-state index contributed by atoms with van der Waals surface area (Å²) < 4.78 is 16.7. The SMILES string of the molecule is Br.O=C(O)c1cn(C2CC2)c2c(O)c(N3C[C@@H]4CCCN[C@@H]4C3)c(F)cc2c1=O. The maximum atomic E-state index is 15.1. The van der Waals surface area contributed by atoms with Gasteiger partial charge in [-0.1, -0.05) is 0 Å². The maximum absolute atomic E-state index is 15.1. The van der Waals surface area contributed by atoms with Crippen molar-refractivity contribution in [2.75, 3.05) is 24.5 Å². The smallest absolute Gasteiger partial charge is 0.341 e. The molecule has 0 amide bonds. The van der Waals surface area contributed by atoms with Gasteiger partial charge in [0.1, 0.15) is 11.3 Å². The molecule has 5 rings (SSSR count). The number of carboxylic acids is 1. The first-order valence-electron chi connectivity index (χ1n) is 9.77. The Bertz CT molecular complexity index is 1040. The molecule has 0 radical (unpaired) electrons. The second-order valence-corrected chi connectivity index (χ2v) is 8.14. The Morgan fingerprint density at radius 3 is 2.66 bits per heavy atom. The quantitative estimate of drug-likeness (QED) is 0.642. The fourth-order valence-corrected chi connectivity index (χ4v) is 4.78. The van der Waals surface area contributed by atoms with Crippen LogP contribution in [0, 0.1) is 11.7 Å². The largest absolute Gasteiger partial charge is 0.504 e. The maximum Gasteiger partial charge on any atom is 0.341 e. The summed E-state index contributed by atoms with van der Waals surface area (Å²) in [6.45, 7) is 2.19. The molecule has 2 aromatic rings. The molecule has 7 nitrogen and oxygen atoms in total. The molecule has 9 heteroatoms. The van der Waals surface area contributed by atoms with E-state index in [1.54, 1.807) is 4.57 Å². The van der Waals surface area contributed by atoms with E-state index in [0.29, 0.717) is 19.0 Å². The molecule has 1 saturated carbocycles. The Morgan fingerprint density at radius 2 is 2.00 bits per heavy atom. The van der Waals surface area contributed by atoms with Crippen LogP contribution in [-0.2, 0) is 0 Å². The Kier molecular flexibility index (Phi) is 5.06. The van der Waals surface area contributed by atoms with Crippen molar-refractivity contribution in [3.05, 3.63) is 33.9 Å². The fraction of sp³-hybridized carbons (Fsp3) is 0.500. The van der Waals surface area contributed by atoms with Crippen molar-refractivity contribution in [3.63, 3.8) is 0 Å². The fourth-order valence-electron chi connectivity index (χ4n) is 4.78. The molecule has 2 aliphatic heterocycles. The minimum atomic E-state index is -1.35. The molecule has 0 spiro atoms. The van der Waals surface area contributed by atoms with Gasteiger partial charge in [-0.25, -0.2) is 9.18 Å². The molecule has 3 aliphatic rings. The van der Waals surface area contributed by atoms with Gasteiger partial charge in [0.2, 0.25) is 5.43 Å². The van der Waals surface area contributed by atoms with Crippen LogP contribution in [0.25, 0.3) is 10.9 Å². The van der Waals surface area contributed by atoms with Crippen LogP contribution in [0.3, 0.4) is 0 Å². The molecule has 3 heterocycles. The molecule has 1 aromatic heterocycles. The zero-order valence-corrected chi connectivity index (χ0v) is 17.4. The van der Waals surface area contributed by atoms with Gasteiger partial charge in [0.25, 0.3) is 0 Å². The van der Waals surface area contributed by atoms with Crippen LogP contribution in [0.1, 0.15) is 42.1 Å². The number of piperidine rings is 1. The van der Waals surface area contributed by atoms with Crippen LogP contribution in [-0.4, -0.2) is 46.4 Å². The standard InChI is InChI=1S/C20H22FN3O4.BrH/c21-14-6-12-16(24(11-3-4-11)8-13(18(12)25)20(27)28)19(26)17(14)23-7-10-2-1-5-22-15(10)9-23;/h6,8,10-11,15,22,26H,1-5,7,9H2,(H,27,28);1H/t10-,15+;/m0./s1. The number of phenolic OH excluding ortho intramolecular Hbond substituents is 1. The number of carboxylic acid groups (broad SMARTS) is 1. The van der Waals surface area contributed by atoms with Gasteiger partial charge in [0, 0.05) is 31.4 Å². The van der Waals surface area contributed by atoms with Gasteiger partial charge >= 0.3 is 5.97 Å². The van der Waals surface area contributed by atoms with E-state index in [1.807, 2.05) is 4.90 Å². The summed E-state index contributed by atoms with van der Waals surface area (Å²) in [4.78, 5) is 25.9. The summed E-state index contributed by atoms with van der Waals surface area (Å²) in [5.41, 5.74) is -0.823. The van der Waals surface area contributed by atoms with Gasteiger partial charge in [-0.05, 0) is 44.2 Å². The zero-order chi connectivity index (χ0) is 19.6. The Labute approximate surface area is 176 Å². The van der Waals surface area contributed by atoms with E-state index in [-0.39, 0.29) is 51.4 Å². The first-order chi connectivity index (χ1) is 13.5. The molecular formula is C20H23BrFN3O4. The number of aromatic nitrogens is 1. The molecule has 1 aromatic carbocycles. The number of rotatable bonds is 3. The Hall–Kier alpha value is -2.13. The first kappa shape index (κ1) is 20.2. The average molecular weight is 468 g/mol. The number of nitrogens with one attached hydrogen (secondary N) is 1. The van der Waals surface area contributed by atoms with Crippen LogP contribution in [0.5, 0.6) is 5.75 Å². The van der Waals surface area contributed by atoms with Crippen LogP contribution >= 0.6 is 17.0 Å². The minimum absolute atomic E-state index is 0. The molecule has 3 N–H and O–H groups in total. The summed E-state index contributed by atoms with van der Waals surface area (Å²) in [6, 6.07) is 1.38. The van der Waals surface area contributed by atoms with E-state index in [9.17, 15) is 19.8 Å². The molecule has 2 saturated heterocycles. The van der Waals surface area contributed by atoms with Crippen molar-refractivity contribution >= 4 is 39.5 Å². The number of nitrogens with zero attached hydrogens (tertiary/aromatic N) is 2. The van der Waals surface area contributed by atoms with Gasteiger partial charge in [0.05, 0.1) is 10.9 Å². The van der Waals surface area contributed by atoms with Crippen molar-refractivity contribution in [2.24, 2.45) is 5.92 Å². The number of fused-ring (bicyclic) bond motifs is 2. The van der Waals surface area contributed by atoms with Crippen molar-refractivity contribution in [3.8, 4) is 5.75 Å². The molecule has 2 atom stereocenters. The highest BCUT2D eigenvalue weighted by Crippen LogP contribution is 2.44. The van der Waals surface area contributed by atoms with E-state index in [4.69, 9.17) is 0 Å². The number of aromatic carboxylic acids is 1. The van der Waals surface area contributed by atoms with Crippen LogP contribution in [0.2, 0.25) is 0 Å². The van der Waals surface area contributed by atoms with Crippen LogP contribution in [0.15, 0.2) is 17.1 Å². The lowest BCUT2D eigenvalue weighted by atomic mass is 9.94. The zero-order valence-electron chi connectivity index (χ0n) is 15.7.